The van der Waals surface area contributed by atoms with E-state index >= 15 is 0 Å². The molecule has 0 unspecified atom stereocenters. The first kappa shape index (κ1) is 22.0. The minimum absolute atomic E-state index is 0.0357. The van der Waals surface area contributed by atoms with E-state index in [1.807, 2.05) is 36.4 Å². The molecule has 7 heteroatoms. The molecule has 1 amide bonds. The molecule has 1 aromatic carbocycles. The summed E-state index contributed by atoms with van der Waals surface area (Å²) in [4.78, 5) is 29.4. The number of anilines is 1. The molecule has 0 bridgehead atoms. The molecule has 1 aliphatic carbocycles. The highest BCUT2D eigenvalue weighted by molar-refractivity contribution is 7.18. The van der Waals surface area contributed by atoms with Crippen LogP contribution in [0.5, 0.6) is 0 Å². The quantitative estimate of drug-likeness (QED) is 0.604. The van der Waals surface area contributed by atoms with E-state index in [2.05, 4.69) is 6.92 Å². The van der Waals surface area contributed by atoms with Crippen LogP contribution in [-0.4, -0.2) is 45.0 Å². The maximum Gasteiger partial charge on any atom is 0.350 e. The van der Waals surface area contributed by atoms with Crippen molar-refractivity contribution in [3.8, 4) is 10.4 Å². The Bertz CT molecular complexity index is 898. The summed E-state index contributed by atoms with van der Waals surface area (Å²) in [6.07, 6.45) is 3.34. The first-order valence-electron chi connectivity index (χ1n) is 10.9. The molecule has 2 fully saturated rings. The van der Waals surface area contributed by atoms with Crippen molar-refractivity contribution in [1.82, 2.24) is 0 Å². The first-order valence-corrected chi connectivity index (χ1v) is 11.7. The molecule has 2 heterocycles. The Morgan fingerprint density at radius 2 is 1.77 bits per heavy atom. The van der Waals surface area contributed by atoms with Crippen LogP contribution in [0, 0.1) is 11.8 Å². The highest BCUT2D eigenvalue weighted by Gasteiger charge is 2.34. The molecule has 1 aromatic heterocycles. The zero-order chi connectivity index (χ0) is 21.8. The molecule has 0 spiro atoms. The zero-order valence-corrected chi connectivity index (χ0v) is 18.9. The summed E-state index contributed by atoms with van der Waals surface area (Å²) in [5, 5.41) is 0. The van der Waals surface area contributed by atoms with Crippen molar-refractivity contribution < 1.29 is 23.8 Å². The number of carbonyl (C=O) groups is 2. The van der Waals surface area contributed by atoms with Crippen LogP contribution in [0.2, 0.25) is 0 Å². The average Bonchev–Trinajstić information content (AvgIpc) is 3.48. The monoisotopic (exact) mass is 443 g/mol. The summed E-state index contributed by atoms with van der Waals surface area (Å²) in [6, 6.07) is 11.8. The van der Waals surface area contributed by atoms with Gasteiger partial charge in [0, 0.05) is 10.8 Å². The number of esters is 1. The second-order valence-electron chi connectivity index (χ2n) is 8.26. The van der Waals surface area contributed by atoms with Crippen molar-refractivity contribution in [3.05, 3.63) is 41.3 Å². The lowest BCUT2D eigenvalue weighted by molar-refractivity contribution is -0.125. The van der Waals surface area contributed by atoms with Crippen molar-refractivity contribution in [2.75, 3.05) is 31.8 Å². The van der Waals surface area contributed by atoms with E-state index in [1.54, 1.807) is 4.90 Å². The van der Waals surface area contributed by atoms with Gasteiger partial charge >= 0.3 is 5.97 Å². The van der Waals surface area contributed by atoms with Crippen LogP contribution in [-0.2, 0) is 19.0 Å². The lowest BCUT2D eigenvalue weighted by atomic mass is 9.82. The van der Waals surface area contributed by atoms with Crippen molar-refractivity contribution >= 4 is 28.9 Å². The molecule has 0 N–H and O–H groups in total. The van der Waals surface area contributed by atoms with Gasteiger partial charge < -0.3 is 19.1 Å². The van der Waals surface area contributed by atoms with Crippen molar-refractivity contribution in [2.45, 2.75) is 38.9 Å². The minimum atomic E-state index is -0.489. The van der Waals surface area contributed by atoms with E-state index in [4.69, 9.17) is 14.2 Å². The van der Waals surface area contributed by atoms with Crippen LogP contribution in [0.25, 0.3) is 10.4 Å². The SMILES string of the molecule is COC(=O)c1sc(-c2ccccc2)cc1N(CC1OCCO1)C(=O)C1CCC(C)CC1. The molecular formula is C24H29NO5S. The van der Waals surface area contributed by atoms with E-state index in [-0.39, 0.29) is 18.4 Å². The molecular weight excluding hydrogens is 414 g/mol. The molecule has 0 atom stereocenters. The summed E-state index contributed by atoms with van der Waals surface area (Å²) < 4.78 is 16.4. The highest BCUT2D eigenvalue weighted by Crippen LogP contribution is 2.39. The Labute approximate surface area is 187 Å². The summed E-state index contributed by atoms with van der Waals surface area (Å²) in [5.74, 6) is 0.192. The summed E-state index contributed by atoms with van der Waals surface area (Å²) in [6.45, 7) is 3.52. The molecule has 166 valence electrons. The summed E-state index contributed by atoms with van der Waals surface area (Å²) in [5.41, 5.74) is 1.58. The fraction of sp³-hybridized carbons (Fsp3) is 0.500. The Balaban J connectivity index is 1.71. The third kappa shape index (κ3) is 5.00. The fourth-order valence-corrected chi connectivity index (χ4v) is 5.35. The van der Waals surface area contributed by atoms with Gasteiger partial charge in [-0.15, -0.1) is 11.3 Å². The van der Waals surface area contributed by atoms with Gasteiger partial charge in [0.05, 0.1) is 32.6 Å². The second kappa shape index (κ2) is 9.94. The lowest BCUT2D eigenvalue weighted by Crippen LogP contribution is -2.43. The van der Waals surface area contributed by atoms with Crippen LogP contribution in [0.4, 0.5) is 5.69 Å². The maximum atomic E-state index is 13.7. The van der Waals surface area contributed by atoms with E-state index < -0.39 is 12.3 Å². The van der Waals surface area contributed by atoms with Crippen LogP contribution in [0.1, 0.15) is 42.3 Å². The minimum Gasteiger partial charge on any atom is -0.465 e. The van der Waals surface area contributed by atoms with Gasteiger partial charge in [0.2, 0.25) is 5.91 Å². The molecule has 6 nitrogen and oxygen atoms in total. The van der Waals surface area contributed by atoms with Crippen molar-refractivity contribution in [1.29, 1.82) is 0 Å². The molecule has 1 saturated carbocycles. The number of ether oxygens (including phenoxy) is 3. The van der Waals surface area contributed by atoms with Gasteiger partial charge in [0.25, 0.3) is 0 Å². The average molecular weight is 444 g/mol. The van der Waals surface area contributed by atoms with Gasteiger partial charge in [-0.2, -0.15) is 0 Å². The van der Waals surface area contributed by atoms with Gasteiger partial charge in [-0.3, -0.25) is 4.79 Å². The predicted octanol–water partition coefficient (Wildman–Crippen LogP) is 4.73. The largest absolute Gasteiger partial charge is 0.465 e. The van der Waals surface area contributed by atoms with Gasteiger partial charge in [0.15, 0.2) is 6.29 Å². The number of thiophene rings is 1. The number of methoxy groups -OCH3 is 1. The Hall–Kier alpha value is -2.22. The topological polar surface area (TPSA) is 65.1 Å². The fourth-order valence-electron chi connectivity index (χ4n) is 4.26. The van der Waals surface area contributed by atoms with E-state index in [0.717, 1.165) is 36.1 Å². The van der Waals surface area contributed by atoms with Crippen molar-refractivity contribution in [3.63, 3.8) is 0 Å². The number of nitrogens with zero attached hydrogens (tertiary/aromatic N) is 1. The number of hydrogen-bond acceptors (Lipinski definition) is 6. The van der Waals surface area contributed by atoms with Crippen LogP contribution in [0.15, 0.2) is 36.4 Å². The third-order valence-corrected chi connectivity index (χ3v) is 7.24. The number of hydrogen-bond donors (Lipinski definition) is 0. The van der Waals surface area contributed by atoms with Gasteiger partial charge in [0.1, 0.15) is 4.88 Å². The van der Waals surface area contributed by atoms with E-state index in [0.29, 0.717) is 29.7 Å². The van der Waals surface area contributed by atoms with E-state index in [1.165, 1.54) is 18.4 Å². The Morgan fingerprint density at radius 3 is 2.42 bits per heavy atom. The number of benzene rings is 1. The molecule has 2 aliphatic rings. The van der Waals surface area contributed by atoms with Crippen LogP contribution in [0.3, 0.4) is 0 Å². The highest BCUT2D eigenvalue weighted by atomic mass is 32.1. The van der Waals surface area contributed by atoms with Crippen LogP contribution >= 0.6 is 11.3 Å². The Kier molecular flexibility index (Phi) is 7.05. The molecule has 4 rings (SSSR count). The normalized spacial score (nSPS) is 21.7. The standard InChI is InChI=1S/C24H29NO5S/c1-16-8-10-18(11-9-16)23(26)25(15-21-29-12-13-30-21)19-14-20(17-6-4-3-5-7-17)31-22(19)24(27)28-2/h3-7,14,16,18,21H,8-13,15H2,1-2H3. The Morgan fingerprint density at radius 1 is 1.10 bits per heavy atom. The first-order chi connectivity index (χ1) is 15.1. The van der Waals surface area contributed by atoms with Crippen LogP contribution < -0.4 is 4.90 Å². The van der Waals surface area contributed by atoms with Gasteiger partial charge in [-0.25, -0.2) is 4.79 Å². The smallest absolute Gasteiger partial charge is 0.350 e. The third-order valence-electron chi connectivity index (χ3n) is 6.09. The lowest BCUT2D eigenvalue weighted by Gasteiger charge is -2.32. The molecule has 1 saturated heterocycles. The predicted molar refractivity (Wildman–Crippen MR) is 120 cm³/mol. The van der Waals surface area contributed by atoms with Gasteiger partial charge in [-0.05, 0) is 43.2 Å². The molecule has 2 aromatic rings. The van der Waals surface area contributed by atoms with Gasteiger partial charge in [-0.1, -0.05) is 37.3 Å². The summed E-state index contributed by atoms with van der Waals surface area (Å²) >= 11 is 1.35. The number of rotatable bonds is 6. The molecule has 1 aliphatic heterocycles. The van der Waals surface area contributed by atoms with Crippen molar-refractivity contribution in [2.24, 2.45) is 11.8 Å². The zero-order valence-electron chi connectivity index (χ0n) is 18.0. The van der Waals surface area contributed by atoms with E-state index in [9.17, 15) is 9.59 Å². The maximum absolute atomic E-state index is 13.7. The summed E-state index contributed by atoms with van der Waals surface area (Å²) in [7, 11) is 1.37. The number of carbonyl (C=O) groups excluding carboxylic acids is 2. The molecule has 0 radical (unpaired) electrons. The molecule has 31 heavy (non-hydrogen) atoms. The number of amides is 1. The second-order valence-corrected chi connectivity index (χ2v) is 9.31.